The van der Waals surface area contributed by atoms with E-state index in [0.717, 1.165) is 0 Å². The van der Waals surface area contributed by atoms with Crippen molar-refractivity contribution in [2.75, 3.05) is 0 Å². The number of hydrogen-bond donors (Lipinski definition) is 0. The van der Waals surface area contributed by atoms with Gasteiger partial charge >= 0.3 is 0 Å². The van der Waals surface area contributed by atoms with Crippen LogP contribution in [0.5, 0.6) is 0 Å². The monoisotopic (exact) mass is 734 g/mol. The van der Waals surface area contributed by atoms with E-state index in [1.54, 1.807) is 0 Å². The summed E-state index contributed by atoms with van der Waals surface area (Å²) in [5, 5.41) is 5.50. The molecule has 0 aromatic heterocycles. The first-order chi connectivity index (χ1) is 27.8. The van der Waals surface area contributed by atoms with Gasteiger partial charge in [0.1, 0.15) is 34.6 Å². The quantitative estimate of drug-likeness (QED) is 0.103. The lowest BCUT2D eigenvalue weighted by atomic mass is 9.13. The van der Waals surface area contributed by atoms with Gasteiger partial charge in [0.2, 0.25) is 0 Å². The lowest BCUT2D eigenvalue weighted by Gasteiger charge is -2.44. The van der Waals surface area contributed by atoms with E-state index in [2.05, 4.69) is 267 Å². The van der Waals surface area contributed by atoms with Crippen molar-refractivity contribution in [2.24, 2.45) is 0 Å². The van der Waals surface area contributed by atoms with E-state index in [1.807, 2.05) is 0 Å². The van der Waals surface area contributed by atoms with Crippen LogP contribution in [0.2, 0.25) is 0 Å². The summed E-state index contributed by atoms with van der Waals surface area (Å²) in [5.74, 6) is 0. The van der Waals surface area contributed by atoms with Crippen molar-refractivity contribution in [3.8, 4) is 11.1 Å². The number of benzene rings is 9. The zero-order chi connectivity index (χ0) is 37.9. The van der Waals surface area contributed by atoms with Crippen molar-refractivity contribution in [1.29, 1.82) is 0 Å². The Labute approximate surface area is 333 Å². The highest BCUT2D eigenvalue weighted by Gasteiger charge is 2.47. The first-order valence-electron chi connectivity index (χ1n) is 19.4. The summed E-state index contributed by atoms with van der Waals surface area (Å²) in [6.07, 6.45) is -1.22. The fourth-order valence-corrected chi connectivity index (χ4v) is 12.7. The van der Waals surface area contributed by atoms with Crippen LogP contribution in [-0.4, -0.2) is 6.15 Å². The van der Waals surface area contributed by atoms with Crippen molar-refractivity contribution in [3.63, 3.8) is 0 Å². The van der Waals surface area contributed by atoms with Crippen molar-refractivity contribution in [1.82, 2.24) is 0 Å². The van der Waals surface area contributed by atoms with Crippen LogP contribution in [-0.2, 0) is 0 Å². The maximum absolute atomic E-state index is 2.34. The molecule has 0 N–H and O–H groups in total. The third-order valence-electron chi connectivity index (χ3n) is 11.0. The number of rotatable bonds is 9. The normalized spacial score (nSPS) is 11.2. The number of hydrogen-bond acceptors (Lipinski definition) is 0. The molecule has 2 heteroatoms. The van der Waals surface area contributed by atoms with Crippen LogP contribution in [0, 0.1) is 0 Å². The molecule has 56 heavy (non-hydrogen) atoms. The van der Waals surface area contributed by atoms with E-state index >= 15 is 0 Å². The summed E-state index contributed by atoms with van der Waals surface area (Å²) < 4.78 is 0. The molecule has 9 rings (SSSR count). The van der Waals surface area contributed by atoms with E-state index in [1.165, 1.54) is 54.2 Å². The van der Waals surface area contributed by atoms with E-state index < -0.39 is 13.4 Å². The van der Waals surface area contributed by atoms with Gasteiger partial charge in [0.05, 0.1) is 0 Å². The van der Waals surface area contributed by atoms with E-state index in [9.17, 15) is 0 Å². The molecule has 0 aliphatic rings. The van der Waals surface area contributed by atoms with E-state index in [-0.39, 0.29) is 0 Å². The van der Waals surface area contributed by atoms with Gasteiger partial charge in [-0.05, 0) is 59.7 Å². The summed E-state index contributed by atoms with van der Waals surface area (Å²) in [6, 6.07) is 96.4. The molecule has 0 heterocycles. The largest absolute Gasteiger partial charge is 0.195 e. The molecule has 0 atom stereocenters. The first-order valence-corrected chi connectivity index (χ1v) is 21.2. The van der Waals surface area contributed by atoms with Crippen LogP contribution < -0.4 is 43.1 Å². The van der Waals surface area contributed by atoms with Crippen LogP contribution in [0.3, 0.4) is 0 Å². The molecular formula is C54H44BP. The Morgan fingerprint density at radius 2 is 0.411 bits per heavy atom. The molecule has 0 aliphatic heterocycles. The Morgan fingerprint density at radius 3 is 0.696 bits per heavy atom. The van der Waals surface area contributed by atoms with Gasteiger partial charge in [0, 0.05) is 0 Å². The molecule has 9 aromatic rings. The van der Waals surface area contributed by atoms with Crippen LogP contribution in [0.1, 0.15) is 0 Å². The van der Waals surface area contributed by atoms with Crippen molar-refractivity contribution >= 4 is 56.5 Å². The van der Waals surface area contributed by atoms with E-state index in [0.29, 0.717) is 0 Å². The predicted molar refractivity (Wildman–Crippen MR) is 247 cm³/mol. The molecule has 0 aliphatic carbocycles. The van der Waals surface area contributed by atoms with Crippen LogP contribution in [0.4, 0.5) is 0 Å². The third kappa shape index (κ3) is 7.18. The van der Waals surface area contributed by atoms with Crippen molar-refractivity contribution in [2.45, 2.75) is 0 Å². The highest BCUT2D eigenvalue weighted by molar-refractivity contribution is 8.01. The van der Waals surface area contributed by atoms with Gasteiger partial charge in [-0.25, -0.2) is 0 Å². The molecule has 0 unspecified atom stereocenters. The summed E-state index contributed by atoms with van der Waals surface area (Å²) in [6.45, 7) is 0. The Morgan fingerprint density at radius 1 is 0.196 bits per heavy atom. The van der Waals surface area contributed by atoms with Gasteiger partial charge in [0.25, 0.3) is 0 Å². The molecule has 0 bridgehead atoms. The SMILES string of the molecule is c1ccc(-c2ccc([P+](c3ccccc3)(c3ccccc3)c3ccccc3)cc2)cc1.c1ccc([B-](c2ccccc2)(c2ccccc2)c2ccccc2)cc1. The fourth-order valence-electron chi connectivity index (χ4n) is 8.48. The van der Waals surface area contributed by atoms with Gasteiger partial charge < -0.3 is 0 Å². The van der Waals surface area contributed by atoms with Crippen molar-refractivity contribution in [3.05, 3.63) is 267 Å². The molecule has 0 saturated heterocycles. The highest BCUT2D eigenvalue weighted by atomic mass is 31.2. The average molecular weight is 735 g/mol. The van der Waals surface area contributed by atoms with E-state index in [4.69, 9.17) is 0 Å². The molecule has 0 saturated carbocycles. The average Bonchev–Trinajstić information content (AvgIpc) is 3.30. The third-order valence-corrected chi connectivity index (χ3v) is 15.3. The summed E-state index contributed by atoms with van der Waals surface area (Å²) in [5.41, 5.74) is 7.85. The second kappa shape index (κ2) is 17.3. The molecule has 0 amide bonds. The topological polar surface area (TPSA) is 0 Å². The Hall–Kier alpha value is -6.53. The molecule has 0 radical (unpaired) electrons. The summed E-state index contributed by atoms with van der Waals surface area (Å²) in [4.78, 5) is 0. The molecule has 268 valence electrons. The lowest BCUT2D eigenvalue weighted by molar-refractivity contribution is 1.63. The minimum atomic E-state index is -2.02. The predicted octanol–water partition coefficient (Wildman–Crippen LogP) is 9.04. The smallest absolute Gasteiger partial charge is 0.144 e. The lowest BCUT2D eigenvalue weighted by Crippen LogP contribution is -2.74. The Balaban J connectivity index is 0.000000161. The minimum Gasteiger partial charge on any atom is -0.195 e. The molecule has 9 aromatic carbocycles. The molecule has 0 fully saturated rings. The zero-order valence-corrected chi connectivity index (χ0v) is 32.3. The molecule has 0 spiro atoms. The Kier molecular flexibility index (Phi) is 11.3. The van der Waals surface area contributed by atoms with Crippen LogP contribution >= 0.6 is 7.26 Å². The first kappa shape index (κ1) is 36.5. The van der Waals surface area contributed by atoms with Gasteiger partial charge in [-0.15, -0.1) is 0 Å². The molecule has 0 nitrogen and oxygen atoms in total. The van der Waals surface area contributed by atoms with Crippen LogP contribution in [0.15, 0.2) is 267 Å². The second-order valence-corrected chi connectivity index (χ2v) is 17.5. The fraction of sp³-hybridized carbons (Fsp3) is 0. The van der Waals surface area contributed by atoms with Crippen molar-refractivity contribution < 1.29 is 0 Å². The van der Waals surface area contributed by atoms with Gasteiger partial charge in [-0.3, -0.25) is 0 Å². The highest BCUT2D eigenvalue weighted by Crippen LogP contribution is 2.54. The summed E-state index contributed by atoms with van der Waals surface area (Å²) in [7, 11) is -2.02. The minimum absolute atomic E-state index is 1.22. The Bertz CT molecular complexity index is 2250. The summed E-state index contributed by atoms with van der Waals surface area (Å²) >= 11 is 0. The van der Waals surface area contributed by atoms with Gasteiger partial charge in [0.15, 0.2) is 0 Å². The standard InChI is InChI=1S/C30H24P.C24H20B/c1-5-13-25(14-6-1)26-21-23-30(24-22-26)31(27-15-7-2-8-16-27,28-17-9-3-10-18-28)29-19-11-4-12-20-29;1-5-13-21(14-6-1)25(22-15-7-2-8-16-22,23-17-9-3-10-18-23)24-19-11-4-12-20-24/h1-24H;1-20H/q+1;-1. The van der Waals surface area contributed by atoms with Gasteiger partial charge in [-0.2, -0.15) is 21.9 Å². The maximum atomic E-state index is 2.34. The maximum Gasteiger partial charge on any atom is 0.144 e. The molecular weight excluding hydrogens is 690 g/mol. The second-order valence-electron chi connectivity index (χ2n) is 14.1. The van der Waals surface area contributed by atoms with Crippen LogP contribution in [0.25, 0.3) is 11.1 Å². The zero-order valence-electron chi connectivity index (χ0n) is 31.4. The van der Waals surface area contributed by atoms with Gasteiger partial charge in [-0.1, -0.05) is 218 Å².